The predicted octanol–water partition coefficient (Wildman–Crippen LogP) is 4.87. The molecular weight excluding hydrogens is 602 g/mol. The number of carbonyl (C=O) groups is 4. The highest BCUT2D eigenvalue weighted by atomic mass is 16.6. The fraction of sp³-hybridized carbons (Fsp3) is 0.667. The molecule has 3 aliphatic rings. The molecule has 4 rings (SSSR count). The van der Waals surface area contributed by atoms with Gasteiger partial charge in [-0.2, -0.15) is 0 Å². The maximum absolute atomic E-state index is 12.8. The molecule has 3 N–H and O–H groups in total. The molecule has 1 aliphatic carbocycles. The molecule has 0 aromatic heterocycles. The van der Waals surface area contributed by atoms with Gasteiger partial charge in [0.25, 0.3) is 0 Å². The Balaban J connectivity index is 1.20. The van der Waals surface area contributed by atoms with Crippen molar-refractivity contribution < 1.29 is 38.1 Å². The molecule has 1 saturated carbocycles. The number of ether oxygens (including phenoxy) is 4. The predicted molar refractivity (Wildman–Crippen MR) is 178 cm³/mol. The van der Waals surface area contributed by atoms with Crippen molar-refractivity contribution in [3.63, 3.8) is 0 Å². The zero-order valence-corrected chi connectivity index (χ0v) is 29.2. The number of Topliss-reactive ketones (excluding diaryl/α,β-unsaturated/α-hetero) is 1. The first-order valence-corrected chi connectivity index (χ1v) is 16.7. The SMILES string of the molecule is CO[C@@H]1[C@H](OC(=O)NCCc2ccc(NC(=O)[C@H](C)NC(=O)CCC(=O)C(C)(C)C)cc2)CC[C@]2(CO2)[C@H]1[C@]1(C)O[C@@H]1CC=C(C)C. The number of methoxy groups -OCH3 is 1. The zero-order valence-electron chi connectivity index (χ0n) is 29.2. The normalized spacial score (nSPS) is 28.5. The molecule has 1 aromatic carbocycles. The number of anilines is 1. The van der Waals surface area contributed by atoms with E-state index in [9.17, 15) is 19.2 Å². The zero-order chi connectivity index (χ0) is 34.6. The van der Waals surface area contributed by atoms with Gasteiger partial charge in [0.2, 0.25) is 11.8 Å². The summed E-state index contributed by atoms with van der Waals surface area (Å²) in [4.78, 5) is 49.7. The highest BCUT2D eigenvalue weighted by molar-refractivity contribution is 5.97. The fourth-order valence-corrected chi connectivity index (χ4v) is 6.54. The minimum Gasteiger partial charge on any atom is -0.443 e. The summed E-state index contributed by atoms with van der Waals surface area (Å²) < 4.78 is 24.1. The quantitative estimate of drug-likeness (QED) is 0.190. The minimum atomic E-state index is -0.759. The molecule has 1 aromatic rings. The minimum absolute atomic E-state index is 0.00110. The number of nitrogens with one attached hydrogen (secondary N) is 3. The molecule has 2 heterocycles. The molecule has 0 radical (unpaired) electrons. The summed E-state index contributed by atoms with van der Waals surface area (Å²) in [5, 5.41) is 8.30. The maximum Gasteiger partial charge on any atom is 0.407 e. The largest absolute Gasteiger partial charge is 0.443 e. The van der Waals surface area contributed by atoms with Crippen LogP contribution in [0, 0.1) is 11.3 Å². The van der Waals surface area contributed by atoms with Gasteiger partial charge in [0.15, 0.2) is 0 Å². The van der Waals surface area contributed by atoms with Crippen molar-refractivity contribution in [1.82, 2.24) is 10.6 Å². The third-order valence-electron chi connectivity index (χ3n) is 9.59. The number of ketones is 1. The number of rotatable bonds is 14. The summed E-state index contributed by atoms with van der Waals surface area (Å²) in [7, 11) is 1.66. The summed E-state index contributed by atoms with van der Waals surface area (Å²) in [6.07, 6.45) is 4.05. The van der Waals surface area contributed by atoms with Crippen LogP contribution < -0.4 is 16.0 Å². The van der Waals surface area contributed by atoms with Gasteiger partial charge in [0.05, 0.1) is 18.6 Å². The van der Waals surface area contributed by atoms with Crippen LogP contribution in [0.4, 0.5) is 10.5 Å². The number of allylic oxidation sites excluding steroid dienone is 1. The number of alkyl carbamates (subject to hydrolysis) is 1. The molecule has 0 bridgehead atoms. The molecule has 260 valence electrons. The first-order valence-electron chi connectivity index (χ1n) is 16.7. The molecule has 3 fully saturated rings. The number of amides is 3. The average Bonchev–Trinajstić information content (AvgIpc) is 3.92. The summed E-state index contributed by atoms with van der Waals surface area (Å²) in [6, 6.07) is 6.52. The van der Waals surface area contributed by atoms with Crippen LogP contribution in [-0.4, -0.2) is 79.5 Å². The second-order valence-corrected chi connectivity index (χ2v) is 14.6. The fourth-order valence-electron chi connectivity index (χ4n) is 6.54. The lowest BCUT2D eigenvalue weighted by Crippen LogP contribution is -2.56. The summed E-state index contributed by atoms with van der Waals surface area (Å²) >= 11 is 0. The first-order chi connectivity index (χ1) is 22.1. The highest BCUT2D eigenvalue weighted by Gasteiger charge is 2.72. The van der Waals surface area contributed by atoms with Crippen LogP contribution in [0.15, 0.2) is 35.9 Å². The van der Waals surface area contributed by atoms with Gasteiger partial charge in [-0.05, 0) is 71.1 Å². The van der Waals surface area contributed by atoms with Gasteiger partial charge in [-0.3, -0.25) is 14.4 Å². The van der Waals surface area contributed by atoms with Gasteiger partial charge >= 0.3 is 6.09 Å². The maximum atomic E-state index is 12.8. The van der Waals surface area contributed by atoms with Crippen LogP contribution in [-0.2, 0) is 39.8 Å². The lowest BCUT2D eigenvalue weighted by Gasteiger charge is -2.42. The Morgan fingerprint density at radius 3 is 2.38 bits per heavy atom. The van der Waals surface area contributed by atoms with Crippen LogP contribution in [0.2, 0.25) is 0 Å². The third kappa shape index (κ3) is 9.42. The lowest BCUT2D eigenvalue weighted by molar-refractivity contribution is -0.130. The van der Waals surface area contributed by atoms with Crippen molar-refractivity contribution in [3.8, 4) is 0 Å². The van der Waals surface area contributed by atoms with E-state index in [1.165, 1.54) is 5.57 Å². The third-order valence-corrected chi connectivity index (χ3v) is 9.59. The van der Waals surface area contributed by atoms with E-state index >= 15 is 0 Å². The smallest absolute Gasteiger partial charge is 0.407 e. The van der Waals surface area contributed by atoms with Crippen molar-refractivity contribution >= 4 is 29.4 Å². The molecule has 47 heavy (non-hydrogen) atoms. The molecular formula is C36H53N3O8. The van der Waals surface area contributed by atoms with Crippen molar-refractivity contribution in [2.45, 2.75) is 123 Å². The van der Waals surface area contributed by atoms with Gasteiger partial charge in [-0.1, -0.05) is 44.6 Å². The molecule has 2 saturated heterocycles. The Hall–Kier alpha value is -3.28. The molecule has 2 aliphatic heterocycles. The molecule has 11 nitrogen and oxygen atoms in total. The van der Waals surface area contributed by atoms with E-state index in [-0.39, 0.29) is 54.2 Å². The van der Waals surface area contributed by atoms with Gasteiger partial charge in [0.1, 0.15) is 35.2 Å². The van der Waals surface area contributed by atoms with E-state index in [2.05, 4.69) is 42.8 Å². The monoisotopic (exact) mass is 655 g/mol. The standard InChI is InChI=1S/C36H53N3O8/c1-22(2)9-15-28-35(7,47-28)31-30(44-8)26(17-19-36(31)21-45-36)46-33(43)37-20-18-24-10-12-25(13-11-24)39-32(42)23(3)38-29(41)16-14-27(40)34(4,5)6/h9-13,23,26,28,30-31H,14-21H2,1-8H3,(H,37,43)(H,38,41)(H,39,42)/t23-,26+,28+,30+,31+,35+,36-/m0/s1. The summed E-state index contributed by atoms with van der Waals surface area (Å²) in [5.74, 6) is -0.742. The number of hydrogen-bond acceptors (Lipinski definition) is 8. The topological polar surface area (TPSA) is 148 Å². The van der Waals surface area contributed by atoms with Crippen LogP contribution in [0.1, 0.15) is 86.1 Å². The van der Waals surface area contributed by atoms with E-state index in [1.807, 2.05) is 32.9 Å². The van der Waals surface area contributed by atoms with Gasteiger partial charge in [-0.25, -0.2) is 4.79 Å². The molecule has 3 amide bonds. The van der Waals surface area contributed by atoms with Crippen LogP contribution in [0.5, 0.6) is 0 Å². The van der Waals surface area contributed by atoms with Crippen LogP contribution in [0.25, 0.3) is 0 Å². The van der Waals surface area contributed by atoms with E-state index in [1.54, 1.807) is 26.2 Å². The van der Waals surface area contributed by atoms with Crippen molar-refractivity contribution in [2.75, 3.05) is 25.6 Å². The van der Waals surface area contributed by atoms with Crippen molar-refractivity contribution in [3.05, 3.63) is 41.5 Å². The van der Waals surface area contributed by atoms with Crippen molar-refractivity contribution in [1.29, 1.82) is 0 Å². The molecule has 11 heteroatoms. The van der Waals surface area contributed by atoms with Crippen LogP contribution in [0.3, 0.4) is 0 Å². The Morgan fingerprint density at radius 2 is 1.79 bits per heavy atom. The molecule has 7 atom stereocenters. The van der Waals surface area contributed by atoms with Gasteiger partial charge in [-0.15, -0.1) is 0 Å². The summed E-state index contributed by atoms with van der Waals surface area (Å²) in [5.41, 5.74) is 1.63. The van der Waals surface area contributed by atoms with E-state index < -0.39 is 29.3 Å². The highest BCUT2D eigenvalue weighted by Crippen LogP contribution is 2.59. The van der Waals surface area contributed by atoms with Crippen LogP contribution >= 0.6 is 0 Å². The number of hydrogen-bond donors (Lipinski definition) is 3. The van der Waals surface area contributed by atoms with E-state index in [0.29, 0.717) is 31.7 Å². The van der Waals surface area contributed by atoms with Gasteiger partial charge in [0, 0.05) is 37.6 Å². The number of carbonyl (C=O) groups excluding carboxylic acids is 4. The van der Waals surface area contributed by atoms with E-state index in [0.717, 1.165) is 18.4 Å². The Labute approximate surface area is 278 Å². The molecule has 1 spiro atoms. The van der Waals surface area contributed by atoms with Gasteiger partial charge < -0.3 is 34.9 Å². The first kappa shape index (κ1) is 36.6. The van der Waals surface area contributed by atoms with Crippen molar-refractivity contribution in [2.24, 2.45) is 11.3 Å². The summed E-state index contributed by atoms with van der Waals surface area (Å²) in [6.45, 7) is 14.4. The Kier molecular flexibility index (Phi) is 11.6. The second-order valence-electron chi connectivity index (χ2n) is 14.6. The second kappa shape index (κ2) is 14.9. The molecule has 0 unspecified atom stereocenters. The number of benzene rings is 1. The lowest BCUT2D eigenvalue weighted by atomic mass is 9.68. The Bertz CT molecular complexity index is 1330. The Morgan fingerprint density at radius 1 is 1.11 bits per heavy atom. The average molecular weight is 656 g/mol. The van der Waals surface area contributed by atoms with E-state index in [4.69, 9.17) is 18.9 Å². The number of epoxide rings is 2.